The zero-order valence-electron chi connectivity index (χ0n) is 30.3. The molecule has 57 heavy (non-hydrogen) atoms. The van der Waals surface area contributed by atoms with E-state index in [0.717, 1.165) is 64.7 Å². The van der Waals surface area contributed by atoms with Gasteiger partial charge in [0.25, 0.3) is 0 Å². The van der Waals surface area contributed by atoms with Crippen molar-refractivity contribution in [2.24, 2.45) is 0 Å². The zero-order chi connectivity index (χ0) is 38.1. The first-order chi connectivity index (χ1) is 28.2. The number of rotatable bonds is 7. The van der Waals surface area contributed by atoms with Crippen molar-refractivity contribution in [3.8, 4) is 85.5 Å². The number of hydrogen-bond acceptors (Lipinski definition) is 8. The lowest BCUT2D eigenvalue weighted by Crippen LogP contribution is -2.00. The quantitative estimate of drug-likeness (QED) is 0.160. The molecule has 0 fully saturated rings. The van der Waals surface area contributed by atoms with Crippen molar-refractivity contribution < 1.29 is 0 Å². The van der Waals surface area contributed by atoms with Gasteiger partial charge in [0.05, 0.1) is 11.6 Å². The highest BCUT2D eigenvalue weighted by molar-refractivity contribution is 7.26. The van der Waals surface area contributed by atoms with Gasteiger partial charge in [-0.2, -0.15) is 5.26 Å². The van der Waals surface area contributed by atoms with Crippen LogP contribution in [0.2, 0.25) is 0 Å². The highest BCUT2D eigenvalue weighted by atomic mass is 32.1. The first-order valence-electron chi connectivity index (χ1n) is 18.4. The SMILES string of the molecule is N#Cc1ccc(-c2ccc(-c3nc(-c4ccccc4)nc(-c4ccc5sc6cccc(-c7nc(-c8ccccc8)nc(-c8ccccc8)n7)c6c5c4)n3)cc2)cc1. The molecule has 0 atom stereocenters. The third kappa shape index (κ3) is 6.59. The van der Waals surface area contributed by atoms with E-state index in [4.69, 9.17) is 29.9 Å². The number of fused-ring (bicyclic) bond motifs is 3. The average molecular weight is 748 g/mol. The largest absolute Gasteiger partial charge is 0.208 e. The van der Waals surface area contributed by atoms with Crippen LogP contribution < -0.4 is 0 Å². The number of aromatic nitrogens is 6. The molecule has 10 rings (SSSR count). The van der Waals surface area contributed by atoms with E-state index in [0.29, 0.717) is 40.5 Å². The van der Waals surface area contributed by atoms with Crippen molar-refractivity contribution in [1.29, 1.82) is 5.26 Å². The van der Waals surface area contributed by atoms with Crippen molar-refractivity contribution in [2.45, 2.75) is 0 Å². The van der Waals surface area contributed by atoms with Gasteiger partial charge in [-0.1, -0.05) is 140 Å². The van der Waals surface area contributed by atoms with Crippen LogP contribution >= 0.6 is 11.3 Å². The van der Waals surface area contributed by atoms with Gasteiger partial charge in [-0.05, 0) is 47.5 Å². The topological polar surface area (TPSA) is 101 Å². The maximum atomic E-state index is 9.23. The molecule has 3 aromatic heterocycles. The molecule has 0 aliphatic carbocycles. The van der Waals surface area contributed by atoms with Gasteiger partial charge >= 0.3 is 0 Å². The molecule has 0 amide bonds. The zero-order valence-corrected chi connectivity index (χ0v) is 31.1. The molecule has 0 aliphatic rings. The summed E-state index contributed by atoms with van der Waals surface area (Å²) >= 11 is 1.74. The highest BCUT2D eigenvalue weighted by Gasteiger charge is 2.19. The summed E-state index contributed by atoms with van der Waals surface area (Å²) in [6, 6.07) is 60.7. The second-order valence-corrected chi connectivity index (χ2v) is 14.6. The summed E-state index contributed by atoms with van der Waals surface area (Å²) in [4.78, 5) is 30.2. The van der Waals surface area contributed by atoms with E-state index in [9.17, 15) is 5.26 Å². The maximum absolute atomic E-state index is 9.23. The van der Waals surface area contributed by atoms with Crippen molar-refractivity contribution in [3.05, 3.63) is 181 Å². The average Bonchev–Trinajstić information content (AvgIpc) is 3.68. The van der Waals surface area contributed by atoms with Crippen LogP contribution in [0.4, 0.5) is 0 Å². The summed E-state index contributed by atoms with van der Waals surface area (Å²) in [6.45, 7) is 0. The van der Waals surface area contributed by atoms with Gasteiger partial charge in [0.2, 0.25) is 0 Å². The van der Waals surface area contributed by atoms with Gasteiger partial charge in [0, 0.05) is 53.6 Å². The Balaban J connectivity index is 1.11. The van der Waals surface area contributed by atoms with Gasteiger partial charge in [-0.3, -0.25) is 0 Å². The smallest absolute Gasteiger partial charge is 0.164 e. The van der Waals surface area contributed by atoms with E-state index in [2.05, 4.69) is 54.6 Å². The van der Waals surface area contributed by atoms with Crippen LogP contribution in [0, 0.1) is 11.3 Å². The van der Waals surface area contributed by atoms with Gasteiger partial charge < -0.3 is 0 Å². The molecule has 0 N–H and O–H groups in total. The van der Waals surface area contributed by atoms with Crippen molar-refractivity contribution in [2.75, 3.05) is 0 Å². The molecular weight excluding hydrogens is 719 g/mol. The molecule has 0 saturated carbocycles. The Labute approximate surface area is 332 Å². The Morgan fingerprint density at radius 3 is 1.28 bits per heavy atom. The summed E-state index contributed by atoms with van der Waals surface area (Å²) < 4.78 is 2.27. The molecule has 0 spiro atoms. The molecule has 8 heteroatoms. The Bertz CT molecular complexity index is 3050. The first-order valence-corrected chi connectivity index (χ1v) is 19.2. The Hall–Kier alpha value is -7.73. The fourth-order valence-electron chi connectivity index (χ4n) is 6.98. The number of thiophene rings is 1. The van der Waals surface area contributed by atoms with Crippen LogP contribution in [0.1, 0.15) is 5.56 Å². The molecule has 266 valence electrons. The van der Waals surface area contributed by atoms with Crippen LogP contribution in [0.15, 0.2) is 176 Å². The Morgan fingerprint density at radius 1 is 0.351 bits per heavy atom. The normalized spacial score (nSPS) is 11.1. The molecule has 3 heterocycles. The molecule has 7 nitrogen and oxygen atoms in total. The van der Waals surface area contributed by atoms with E-state index >= 15 is 0 Å². The van der Waals surface area contributed by atoms with Crippen molar-refractivity contribution >= 4 is 31.5 Å². The number of nitriles is 1. The lowest BCUT2D eigenvalue weighted by atomic mass is 10.0. The fourth-order valence-corrected chi connectivity index (χ4v) is 8.09. The van der Waals surface area contributed by atoms with E-state index in [1.807, 2.05) is 127 Å². The Morgan fingerprint density at radius 2 is 0.772 bits per heavy atom. The summed E-state index contributed by atoms with van der Waals surface area (Å²) in [5.41, 5.74) is 8.12. The fraction of sp³-hybridized carbons (Fsp3) is 0. The summed E-state index contributed by atoms with van der Waals surface area (Å²) in [7, 11) is 0. The van der Waals surface area contributed by atoms with Gasteiger partial charge in [-0.15, -0.1) is 11.3 Å². The van der Waals surface area contributed by atoms with E-state index in [1.165, 1.54) is 0 Å². The van der Waals surface area contributed by atoms with E-state index in [1.54, 1.807) is 11.3 Å². The molecule has 0 aliphatic heterocycles. The second-order valence-electron chi connectivity index (χ2n) is 13.5. The third-order valence-electron chi connectivity index (χ3n) is 9.85. The van der Waals surface area contributed by atoms with Crippen LogP contribution in [0.25, 0.3) is 99.6 Å². The van der Waals surface area contributed by atoms with Crippen molar-refractivity contribution in [3.63, 3.8) is 0 Å². The molecular formula is C49H29N7S. The molecule has 0 unspecified atom stereocenters. The van der Waals surface area contributed by atoms with Crippen LogP contribution in [0.5, 0.6) is 0 Å². The van der Waals surface area contributed by atoms with Crippen LogP contribution in [-0.2, 0) is 0 Å². The monoisotopic (exact) mass is 747 g/mol. The predicted molar refractivity (Wildman–Crippen MR) is 229 cm³/mol. The lowest BCUT2D eigenvalue weighted by Gasteiger charge is -2.10. The summed E-state index contributed by atoms with van der Waals surface area (Å²) in [5, 5.41) is 11.4. The minimum absolute atomic E-state index is 0.576. The Kier molecular flexibility index (Phi) is 8.60. The van der Waals surface area contributed by atoms with Crippen LogP contribution in [0.3, 0.4) is 0 Å². The summed E-state index contributed by atoms with van der Waals surface area (Å²) in [6.07, 6.45) is 0. The van der Waals surface area contributed by atoms with E-state index < -0.39 is 0 Å². The third-order valence-corrected chi connectivity index (χ3v) is 11.0. The molecule has 7 aromatic carbocycles. The second kappa shape index (κ2) is 14.5. The molecule has 0 bridgehead atoms. The van der Waals surface area contributed by atoms with Gasteiger partial charge in [-0.25, -0.2) is 29.9 Å². The highest BCUT2D eigenvalue weighted by Crippen LogP contribution is 2.41. The van der Waals surface area contributed by atoms with E-state index in [-0.39, 0.29) is 0 Å². The number of nitrogens with zero attached hydrogens (tertiary/aromatic N) is 7. The first kappa shape index (κ1) is 33.8. The van der Waals surface area contributed by atoms with Gasteiger partial charge in [0.1, 0.15) is 0 Å². The molecule has 0 radical (unpaired) electrons. The number of hydrogen-bond donors (Lipinski definition) is 0. The molecule has 0 saturated heterocycles. The summed E-state index contributed by atoms with van der Waals surface area (Å²) in [5.74, 6) is 3.59. The predicted octanol–water partition coefficient (Wildman–Crippen LogP) is 12.0. The van der Waals surface area contributed by atoms with Crippen molar-refractivity contribution in [1.82, 2.24) is 29.9 Å². The maximum Gasteiger partial charge on any atom is 0.164 e. The minimum Gasteiger partial charge on any atom is -0.208 e. The minimum atomic E-state index is 0.576. The van der Waals surface area contributed by atoms with Gasteiger partial charge in [0.15, 0.2) is 34.9 Å². The number of benzene rings is 7. The molecule has 10 aromatic rings. The van der Waals surface area contributed by atoms with Crippen LogP contribution in [-0.4, -0.2) is 29.9 Å². The lowest BCUT2D eigenvalue weighted by molar-refractivity contribution is 1.07. The standard InChI is InChI=1S/C49H29N7S/c50-30-31-19-21-32(22-20-31)33-23-25-37(26-24-33)47-51-44(34-11-4-1-5-12-34)53-48(54-47)38-27-28-41-40(29-38)43-39(17-10-18-42(43)57-41)49-55-45(35-13-6-2-7-14-35)52-46(56-49)36-15-8-3-9-16-36/h1-29H.